The number of hydrogen-bond donors (Lipinski definition) is 2. The second-order valence-corrected chi connectivity index (χ2v) is 7.62. The standard InChI is InChI=1S/C25H22ClN3O4/c1-4-33-21-8-5-19(6-9-21)28-24(30)18(14-27)12-17-11-15(2)29(16(17)3)20-7-10-22(25(31)32)23(26)13-20/h5-13H,4H2,1-3H3,(H,28,30)(H,31,32)/b18-12-. The Morgan fingerprint density at radius 3 is 2.45 bits per heavy atom. The lowest BCUT2D eigenvalue weighted by molar-refractivity contribution is -0.112. The number of nitrogens with zero attached hydrogens (tertiary/aromatic N) is 2. The molecule has 0 aliphatic carbocycles. The molecule has 3 aromatic rings. The number of nitrogens with one attached hydrogen (secondary N) is 1. The summed E-state index contributed by atoms with van der Waals surface area (Å²) in [6, 6.07) is 15.4. The summed E-state index contributed by atoms with van der Waals surface area (Å²) in [7, 11) is 0. The van der Waals surface area contributed by atoms with Gasteiger partial charge in [0.05, 0.1) is 17.2 Å². The highest BCUT2D eigenvalue weighted by Crippen LogP contribution is 2.27. The van der Waals surface area contributed by atoms with E-state index in [1.54, 1.807) is 36.4 Å². The van der Waals surface area contributed by atoms with E-state index in [0.717, 1.165) is 11.4 Å². The van der Waals surface area contributed by atoms with E-state index >= 15 is 0 Å². The molecule has 0 aliphatic heterocycles. The number of rotatable bonds is 7. The van der Waals surface area contributed by atoms with Gasteiger partial charge in [-0.2, -0.15) is 5.26 Å². The van der Waals surface area contributed by atoms with E-state index in [1.165, 1.54) is 12.1 Å². The molecule has 2 N–H and O–H groups in total. The van der Waals surface area contributed by atoms with Crippen molar-refractivity contribution in [3.8, 4) is 17.5 Å². The number of anilines is 1. The number of carboxylic acid groups (broad SMARTS) is 1. The molecule has 0 radical (unpaired) electrons. The first-order chi connectivity index (χ1) is 15.7. The van der Waals surface area contributed by atoms with Gasteiger partial charge < -0.3 is 19.7 Å². The summed E-state index contributed by atoms with van der Waals surface area (Å²) in [5, 5.41) is 21.6. The van der Waals surface area contributed by atoms with Crippen molar-refractivity contribution in [1.82, 2.24) is 4.57 Å². The van der Waals surface area contributed by atoms with Gasteiger partial charge in [0.15, 0.2) is 0 Å². The van der Waals surface area contributed by atoms with Gasteiger partial charge in [0, 0.05) is 22.8 Å². The van der Waals surface area contributed by atoms with Crippen molar-refractivity contribution in [2.24, 2.45) is 0 Å². The van der Waals surface area contributed by atoms with E-state index in [0.29, 0.717) is 29.3 Å². The van der Waals surface area contributed by atoms with Gasteiger partial charge >= 0.3 is 5.97 Å². The minimum Gasteiger partial charge on any atom is -0.494 e. The van der Waals surface area contributed by atoms with Crippen LogP contribution in [0.3, 0.4) is 0 Å². The predicted molar refractivity (Wildman–Crippen MR) is 127 cm³/mol. The first-order valence-corrected chi connectivity index (χ1v) is 10.5. The van der Waals surface area contributed by atoms with Crippen LogP contribution in [0.2, 0.25) is 5.02 Å². The van der Waals surface area contributed by atoms with E-state index in [1.807, 2.05) is 37.5 Å². The molecule has 168 valence electrons. The van der Waals surface area contributed by atoms with E-state index < -0.39 is 11.9 Å². The zero-order valence-corrected chi connectivity index (χ0v) is 19.1. The van der Waals surface area contributed by atoms with Crippen molar-refractivity contribution in [3.05, 3.63) is 81.6 Å². The van der Waals surface area contributed by atoms with Crippen LogP contribution in [-0.4, -0.2) is 28.2 Å². The number of aryl methyl sites for hydroxylation is 1. The van der Waals surface area contributed by atoms with Crippen molar-refractivity contribution < 1.29 is 19.4 Å². The summed E-state index contributed by atoms with van der Waals surface area (Å²) >= 11 is 6.13. The number of carbonyl (C=O) groups excluding carboxylic acids is 1. The molecule has 1 amide bonds. The second-order valence-electron chi connectivity index (χ2n) is 7.21. The normalized spacial score (nSPS) is 11.1. The minimum absolute atomic E-state index is 0.0146. The minimum atomic E-state index is -1.10. The van der Waals surface area contributed by atoms with E-state index in [2.05, 4.69) is 5.32 Å². The fourth-order valence-corrected chi connectivity index (χ4v) is 3.71. The van der Waals surface area contributed by atoms with E-state index in [9.17, 15) is 20.0 Å². The molecule has 0 saturated heterocycles. The number of ether oxygens (including phenoxy) is 1. The fourth-order valence-electron chi connectivity index (χ4n) is 3.45. The van der Waals surface area contributed by atoms with Crippen LogP contribution in [0.5, 0.6) is 5.75 Å². The monoisotopic (exact) mass is 463 g/mol. The third-order valence-corrected chi connectivity index (χ3v) is 5.31. The van der Waals surface area contributed by atoms with Crippen LogP contribution < -0.4 is 10.1 Å². The molecule has 0 aliphatic rings. The number of aromatic carboxylic acids is 1. The van der Waals surface area contributed by atoms with Gasteiger partial charge in [0.25, 0.3) is 5.91 Å². The number of nitriles is 1. The fraction of sp³-hybridized carbons (Fsp3) is 0.160. The second kappa shape index (κ2) is 10.1. The van der Waals surface area contributed by atoms with Gasteiger partial charge in [0.1, 0.15) is 17.4 Å². The Balaban J connectivity index is 1.89. The lowest BCUT2D eigenvalue weighted by Gasteiger charge is -2.11. The average molecular weight is 464 g/mol. The average Bonchev–Trinajstić information content (AvgIpc) is 3.05. The van der Waals surface area contributed by atoms with Crippen molar-refractivity contribution in [3.63, 3.8) is 0 Å². The number of amides is 1. The lowest BCUT2D eigenvalue weighted by Crippen LogP contribution is -2.13. The Morgan fingerprint density at radius 2 is 1.88 bits per heavy atom. The predicted octanol–water partition coefficient (Wildman–Crippen LogP) is 5.39. The molecular weight excluding hydrogens is 442 g/mol. The Kier molecular flexibility index (Phi) is 7.21. The van der Waals surface area contributed by atoms with Crippen LogP contribution in [0.4, 0.5) is 5.69 Å². The number of aromatic nitrogens is 1. The number of hydrogen-bond acceptors (Lipinski definition) is 4. The summed E-state index contributed by atoms with van der Waals surface area (Å²) in [6.45, 7) is 6.14. The molecule has 0 unspecified atom stereocenters. The molecule has 0 bridgehead atoms. The molecule has 3 rings (SSSR count). The number of carbonyl (C=O) groups is 2. The molecular formula is C25H22ClN3O4. The van der Waals surface area contributed by atoms with Crippen LogP contribution in [-0.2, 0) is 4.79 Å². The molecule has 7 nitrogen and oxygen atoms in total. The molecule has 1 aromatic heterocycles. The SMILES string of the molecule is CCOc1ccc(NC(=O)/C(C#N)=C\c2cc(C)n(-c3ccc(C(=O)O)c(Cl)c3)c2C)cc1. The van der Waals surface area contributed by atoms with Gasteiger partial charge in [-0.15, -0.1) is 0 Å². The smallest absolute Gasteiger partial charge is 0.337 e. The summed E-state index contributed by atoms with van der Waals surface area (Å²) in [5.41, 5.74) is 3.48. The van der Waals surface area contributed by atoms with Gasteiger partial charge in [-0.25, -0.2) is 4.79 Å². The number of benzene rings is 2. The molecule has 33 heavy (non-hydrogen) atoms. The Labute approximate surface area is 196 Å². The largest absolute Gasteiger partial charge is 0.494 e. The highest BCUT2D eigenvalue weighted by Gasteiger charge is 2.16. The molecule has 0 atom stereocenters. The molecule has 0 spiro atoms. The van der Waals surface area contributed by atoms with Gasteiger partial charge in [-0.05, 0) is 80.9 Å². The van der Waals surface area contributed by atoms with Crippen LogP contribution >= 0.6 is 11.6 Å². The summed E-state index contributed by atoms with van der Waals surface area (Å²) < 4.78 is 7.26. The topological polar surface area (TPSA) is 104 Å². The van der Waals surface area contributed by atoms with E-state index in [-0.39, 0.29) is 16.2 Å². The molecule has 1 heterocycles. The number of carboxylic acids is 1. The van der Waals surface area contributed by atoms with Crippen LogP contribution in [0, 0.1) is 25.2 Å². The van der Waals surface area contributed by atoms with Crippen molar-refractivity contribution in [1.29, 1.82) is 5.26 Å². The molecule has 8 heteroatoms. The highest BCUT2D eigenvalue weighted by atomic mass is 35.5. The molecule has 0 fully saturated rings. The van der Waals surface area contributed by atoms with Crippen LogP contribution in [0.25, 0.3) is 11.8 Å². The third-order valence-electron chi connectivity index (χ3n) is 5.00. The maximum Gasteiger partial charge on any atom is 0.337 e. The maximum atomic E-state index is 12.7. The third kappa shape index (κ3) is 5.25. The Hall–Kier alpha value is -4.02. The van der Waals surface area contributed by atoms with Crippen LogP contribution in [0.1, 0.15) is 34.2 Å². The van der Waals surface area contributed by atoms with Gasteiger partial charge in [-0.1, -0.05) is 11.6 Å². The molecule has 2 aromatic carbocycles. The first-order valence-electron chi connectivity index (χ1n) is 10.1. The zero-order valence-electron chi connectivity index (χ0n) is 18.3. The zero-order chi connectivity index (χ0) is 24.1. The Morgan fingerprint density at radius 1 is 1.18 bits per heavy atom. The summed E-state index contributed by atoms with van der Waals surface area (Å²) in [4.78, 5) is 23.9. The van der Waals surface area contributed by atoms with Gasteiger partial charge in [0.2, 0.25) is 0 Å². The highest BCUT2D eigenvalue weighted by molar-refractivity contribution is 6.33. The van der Waals surface area contributed by atoms with Crippen molar-refractivity contribution in [2.45, 2.75) is 20.8 Å². The quantitative estimate of drug-likeness (QED) is 0.361. The Bertz CT molecular complexity index is 1280. The van der Waals surface area contributed by atoms with Crippen LogP contribution in [0.15, 0.2) is 54.1 Å². The summed E-state index contributed by atoms with van der Waals surface area (Å²) in [5.74, 6) is -0.941. The maximum absolute atomic E-state index is 12.7. The lowest BCUT2D eigenvalue weighted by atomic mass is 10.1. The molecule has 0 saturated carbocycles. The summed E-state index contributed by atoms with van der Waals surface area (Å²) in [6.07, 6.45) is 1.52. The van der Waals surface area contributed by atoms with E-state index in [4.69, 9.17) is 16.3 Å². The number of halogens is 1. The van der Waals surface area contributed by atoms with Gasteiger partial charge in [-0.3, -0.25) is 4.79 Å². The first kappa shape index (κ1) is 23.6. The van der Waals surface area contributed by atoms with Crippen molar-refractivity contribution in [2.75, 3.05) is 11.9 Å². The van der Waals surface area contributed by atoms with Crippen molar-refractivity contribution >= 4 is 35.2 Å².